The van der Waals surface area contributed by atoms with Crippen LogP contribution in [0.5, 0.6) is 11.5 Å². The molecule has 0 radical (unpaired) electrons. The van der Waals surface area contributed by atoms with Crippen LogP contribution in [-0.4, -0.2) is 42.1 Å². The van der Waals surface area contributed by atoms with Crippen LogP contribution >= 0.6 is 11.6 Å². The lowest BCUT2D eigenvalue weighted by atomic mass is 9.94. The highest BCUT2D eigenvalue weighted by molar-refractivity contribution is 6.51. The van der Waals surface area contributed by atoms with Gasteiger partial charge in [0.2, 0.25) is 0 Å². The minimum Gasteiger partial charge on any atom is -0.507 e. The molecule has 1 saturated heterocycles. The van der Waals surface area contributed by atoms with E-state index in [0.717, 1.165) is 0 Å². The largest absolute Gasteiger partial charge is 0.507 e. The zero-order valence-corrected chi connectivity index (χ0v) is 20.2. The van der Waals surface area contributed by atoms with E-state index in [1.807, 2.05) is 0 Å². The Kier molecular flexibility index (Phi) is 6.98. The summed E-state index contributed by atoms with van der Waals surface area (Å²) < 4.78 is 10.9. The van der Waals surface area contributed by atoms with Gasteiger partial charge in [0.05, 0.1) is 37.8 Å². The fraction of sp³-hybridized carbons (Fsp3) is 0.148. The lowest BCUT2D eigenvalue weighted by Crippen LogP contribution is -2.29. The highest BCUT2D eigenvalue weighted by atomic mass is 35.5. The molecule has 0 saturated carbocycles. The Hall–Kier alpha value is -4.30. The molecule has 8 nitrogen and oxygen atoms in total. The van der Waals surface area contributed by atoms with Crippen molar-refractivity contribution in [3.63, 3.8) is 0 Å². The Balaban J connectivity index is 1.96. The first-order valence-corrected chi connectivity index (χ1v) is 11.2. The minimum atomic E-state index is -1.05. The molecular formula is C27H22ClNO7. The van der Waals surface area contributed by atoms with Gasteiger partial charge in [0, 0.05) is 16.3 Å². The number of aliphatic hydroxyl groups is 1. The Morgan fingerprint density at radius 2 is 1.61 bits per heavy atom. The molecule has 184 valence electrons. The van der Waals surface area contributed by atoms with Crippen LogP contribution in [0.25, 0.3) is 5.76 Å². The van der Waals surface area contributed by atoms with Gasteiger partial charge in [-0.15, -0.1) is 0 Å². The van der Waals surface area contributed by atoms with Gasteiger partial charge >= 0.3 is 5.97 Å². The first-order chi connectivity index (χ1) is 17.3. The smallest absolute Gasteiger partial charge is 0.307 e. The van der Waals surface area contributed by atoms with Gasteiger partial charge < -0.3 is 19.7 Å². The summed E-state index contributed by atoms with van der Waals surface area (Å²) in [5, 5.41) is 20.7. The van der Waals surface area contributed by atoms with Gasteiger partial charge in [-0.05, 0) is 42.0 Å². The summed E-state index contributed by atoms with van der Waals surface area (Å²) in [4.78, 5) is 39.1. The summed E-state index contributed by atoms with van der Waals surface area (Å²) in [5.74, 6) is -2.54. The summed E-state index contributed by atoms with van der Waals surface area (Å²) in [7, 11) is 2.88. The number of rotatable bonds is 7. The molecule has 1 fully saturated rings. The molecule has 36 heavy (non-hydrogen) atoms. The van der Waals surface area contributed by atoms with E-state index in [1.54, 1.807) is 60.7 Å². The minimum absolute atomic E-state index is 0.153. The third kappa shape index (κ3) is 4.50. The van der Waals surface area contributed by atoms with Crippen molar-refractivity contribution in [1.82, 2.24) is 0 Å². The average Bonchev–Trinajstić information content (AvgIpc) is 3.13. The van der Waals surface area contributed by atoms with Gasteiger partial charge in [0.1, 0.15) is 17.3 Å². The number of anilines is 1. The molecule has 9 heteroatoms. The maximum atomic E-state index is 13.4. The summed E-state index contributed by atoms with van der Waals surface area (Å²) >= 11 is 6.15. The fourth-order valence-electron chi connectivity index (χ4n) is 4.24. The number of nitrogens with zero attached hydrogens (tertiary/aromatic N) is 1. The molecule has 1 atom stereocenters. The molecule has 2 N–H and O–H groups in total. The summed E-state index contributed by atoms with van der Waals surface area (Å²) in [5.41, 5.74) is 1.33. The quantitative estimate of drug-likeness (QED) is 0.273. The van der Waals surface area contributed by atoms with Crippen molar-refractivity contribution in [3.05, 3.63) is 94.0 Å². The Morgan fingerprint density at radius 1 is 0.944 bits per heavy atom. The number of methoxy groups -OCH3 is 2. The molecule has 0 aliphatic carbocycles. The van der Waals surface area contributed by atoms with Crippen LogP contribution in [0.1, 0.15) is 22.7 Å². The summed E-state index contributed by atoms with van der Waals surface area (Å²) in [6, 6.07) is 16.7. The second-order valence-corrected chi connectivity index (χ2v) is 8.43. The number of carbonyl (C=O) groups excluding carboxylic acids is 2. The van der Waals surface area contributed by atoms with E-state index < -0.39 is 29.5 Å². The second kappa shape index (κ2) is 10.1. The lowest BCUT2D eigenvalue weighted by Gasteiger charge is -2.27. The average molecular weight is 508 g/mol. The predicted molar refractivity (Wildman–Crippen MR) is 134 cm³/mol. The molecule has 0 aromatic heterocycles. The van der Waals surface area contributed by atoms with Crippen molar-refractivity contribution in [2.45, 2.75) is 12.5 Å². The molecular weight excluding hydrogens is 486 g/mol. The van der Waals surface area contributed by atoms with E-state index >= 15 is 0 Å². The fourth-order valence-corrected chi connectivity index (χ4v) is 4.42. The molecule has 1 heterocycles. The van der Waals surface area contributed by atoms with Crippen LogP contribution in [0.2, 0.25) is 5.02 Å². The molecule has 0 spiro atoms. The first kappa shape index (κ1) is 24.8. The topological polar surface area (TPSA) is 113 Å². The zero-order valence-electron chi connectivity index (χ0n) is 19.4. The summed E-state index contributed by atoms with van der Waals surface area (Å²) in [6.45, 7) is 0. The molecule has 1 unspecified atom stereocenters. The zero-order chi connectivity index (χ0) is 26.0. The van der Waals surface area contributed by atoms with Crippen LogP contribution in [0, 0.1) is 0 Å². The molecule has 0 bridgehead atoms. The van der Waals surface area contributed by atoms with Crippen molar-refractivity contribution in [1.29, 1.82) is 0 Å². The molecule has 3 aromatic carbocycles. The van der Waals surface area contributed by atoms with E-state index in [1.165, 1.54) is 25.2 Å². The van der Waals surface area contributed by atoms with E-state index in [-0.39, 0.29) is 23.3 Å². The van der Waals surface area contributed by atoms with Crippen molar-refractivity contribution in [2.24, 2.45) is 0 Å². The van der Waals surface area contributed by atoms with Crippen molar-refractivity contribution >= 4 is 40.7 Å². The van der Waals surface area contributed by atoms with E-state index in [4.69, 9.17) is 26.2 Å². The van der Waals surface area contributed by atoms with Gasteiger partial charge in [-0.2, -0.15) is 0 Å². The number of para-hydroxylation sites is 1. The number of carboxylic acid groups (broad SMARTS) is 1. The highest BCUT2D eigenvalue weighted by Crippen LogP contribution is 2.45. The van der Waals surface area contributed by atoms with Crippen LogP contribution < -0.4 is 14.4 Å². The SMILES string of the molecule is COc1ccc(Cl)cc1/C(O)=C1\C(=O)C(=O)N(c2ccc(CC(=O)O)cc2)C1c1ccccc1OC. The number of ketones is 1. The van der Waals surface area contributed by atoms with Crippen LogP contribution in [0.4, 0.5) is 5.69 Å². The normalized spacial score (nSPS) is 16.8. The molecule has 1 amide bonds. The lowest BCUT2D eigenvalue weighted by molar-refractivity contribution is -0.136. The standard InChI is InChI=1S/C27H22ClNO7/c1-35-20-6-4-3-5-18(20)24-23(25(32)19-14-16(28)9-12-21(19)36-2)26(33)27(34)29(24)17-10-7-15(8-11-17)13-22(30)31/h3-12,14,24,32H,13H2,1-2H3,(H,30,31)/b25-23+. The van der Waals surface area contributed by atoms with Crippen molar-refractivity contribution in [3.8, 4) is 11.5 Å². The number of hydrogen-bond acceptors (Lipinski definition) is 6. The maximum Gasteiger partial charge on any atom is 0.307 e. The van der Waals surface area contributed by atoms with Gasteiger partial charge in [-0.3, -0.25) is 19.3 Å². The van der Waals surface area contributed by atoms with Crippen LogP contribution in [0.15, 0.2) is 72.3 Å². The number of aliphatic carboxylic acids is 1. The number of hydrogen-bond donors (Lipinski definition) is 2. The van der Waals surface area contributed by atoms with Crippen molar-refractivity contribution < 1.29 is 34.1 Å². The molecule has 1 aliphatic heterocycles. The highest BCUT2D eigenvalue weighted by Gasteiger charge is 2.48. The number of aliphatic hydroxyl groups excluding tert-OH is 1. The monoisotopic (exact) mass is 507 g/mol. The first-order valence-electron chi connectivity index (χ1n) is 10.8. The van der Waals surface area contributed by atoms with Crippen LogP contribution in [0.3, 0.4) is 0 Å². The van der Waals surface area contributed by atoms with E-state index in [2.05, 4.69) is 0 Å². The van der Waals surface area contributed by atoms with Gasteiger partial charge in [0.25, 0.3) is 11.7 Å². The van der Waals surface area contributed by atoms with Crippen LogP contribution in [-0.2, 0) is 20.8 Å². The molecule has 1 aliphatic rings. The van der Waals surface area contributed by atoms with E-state index in [0.29, 0.717) is 27.6 Å². The number of carboxylic acids is 1. The predicted octanol–water partition coefficient (Wildman–Crippen LogP) is 4.61. The number of Topliss-reactive ketones (excluding diaryl/α,β-unsaturated/α-hetero) is 1. The third-order valence-electron chi connectivity index (χ3n) is 5.86. The maximum absolute atomic E-state index is 13.4. The number of carbonyl (C=O) groups is 3. The van der Waals surface area contributed by atoms with Crippen molar-refractivity contribution in [2.75, 3.05) is 19.1 Å². The number of ether oxygens (including phenoxy) is 2. The molecule has 4 rings (SSSR count). The van der Waals surface area contributed by atoms with Gasteiger partial charge in [0.15, 0.2) is 0 Å². The molecule has 3 aromatic rings. The Morgan fingerprint density at radius 3 is 2.25 bits per heavy atom. The van der Waals surface area contributed by atoms with Gasteiger partial charge in [-0.1, -0.05) is 41.9 Å². The Labute approximate surface area is 211 Å². The second-order valence-electron chi connectivity index (χ2n) is 7.99. The third-order valence-corrected chi connectivity index (χ3v) is 6.10. The number of halogens is 1. The van der Waals surface area contributed by atoms with E-state index in [9.17, 15) is 19.5 Å². The number of amides is 1. The summed E-state index contributed by atoms with van der Waals surface area (Å²) in [6.07, 6.45) is -0.191. The number of benzene rings is 3. The van der Waals surface area contributed by atoms with Gasteiger partial charge in [-0.25, -0.2) is 0 Å². The Bertz CT molecular complexity index is 1380.